The minimum atomic E-state index is 0.264. The Kier molecular flexibility index (Phi) is 3.85. The van der Waals surface area contributed by atoms with Crippen molar-refractivity contribution in [3.8, 4) is 0 Å². The highest BCUT2D eigenvalue weighted by Gasteiger charge is 2.31. The number of amides is 1. The number of carbonyl (C=O) groups excluding carboxylic acids is 1. The van der Waals surface area contributed by atoms with Gasteiger partial charge < -0.3 is 10.6 Å². The molecule has 0 aromatic rings. The highest BCUT2D eigenvalue weighted by molar-refractivity contribution is 5.79. The van der Waals surface area contributed by atoms with Gasteiger partial charge in [0.15, 0.2) is 0 Å². The average molecular weight is 224 g/mol. The molecule has 3 heteroatoms. The molecule has 0 aromatic carbocycles. The van der Waals surface area contributed by atoms with Crippen LogP contribution in [0.1, 0.15) is 51.9 Å². The van der Waals surface area contributed by atoms with Crippen molar-refractivity contribution >= 4 is 5.91 Å². The molecular weight excluding hydrogens is 200 g/mol. The predicted octanol–water partition coefficient (Wildman–Crippen LogP) is 1.90. The summed E-state index contributed by atoms with van der Waals surface area (Å²) in [7, 11) is 0. The van der Waals surface area contributed by atoms with Gasteiger partial charge in [-0.3, -0.25) is 4.79 Å². The van der Waals surface area contributed by atoms with Gasteiger partial charge in [0.2, 0.25) is 5.91 Å². The van der Waals surface area contributed by atoms with Crippen LogP contribution in [0.4, 0.5) is 0 Å². The minimum absolute atomic E-state index is 0.264. The number of piperidine rings is 1. The zero-order chi connectivity index (χ0) is 11.5. The first-order chi connectivity index (χ1) is 7.68. The molecule has 1 atom stereocenters. The van der Waals surface area contributed by atoms with Crippen molar-refractivity contribution in [1.29, 1.82) is 0 Å². The summed E-state index contributed by atoms with van der Waals surface area (Å²) < 4.78 is 0. The lowest BCUT2D eigenvalue weighted by Crippen LogP contribution is -2.46. The van der Waals surface area contributed by atoms with E-state index in [0.717, 1.165) is 32.2 Å². The van der Waals surface area contributed by atoms with E-state index in [4.69, 9.17) is 5.73 Å². The molecular formula is C13H24N2O. The maximum atomic E-state index is 12.4. The van der Waals surface area contributed by atoms with Gasteiger partial charge in [0.05, 0.1) is 0 Å². The van der Waals surface area contributed by atoms with Gasteiger partial charge >= 0.3 is 0 Å². The molecule has 1 unspecified atom stereocenters. The summed E-state index contributed by atoms with van der Waals surface area (Å²) in [5.41, 5.74) is 5.88. The summed E-state index contributed by atoms with van der Waals surface area (Å²) in [5.74, 6) is 0.666. The molecule has 1 aliphatic heterocycles. The van der Waals surface area contributed by atoms with Gasteiger partial charge in [-0.1, -0.05) is 0 Å². The molecule has 92 valence electrons. The van der Waals surface area contributed by atoms with Crippen LogP contribution in [0.15, 0.2) is 0 Å². The number of rotatable bonds is 1. The zero-order valence-corrected chi connectivity index (χ0v) is 10.3. The summed E-state index contributed by atoms with van der Waals surface area (Å²) in [4.78, 5) is 14.5. The molecule has 1 saturated heterocycles. The van der Waals surface area contributed by atoms with Crippen molar-refractivity contribution in [3.63, 3.8) is 0 Å². The Morgan fingerprint density at radius 1 is 1.12 bits per heavy atom. The molecule has 0 aromatic heterocycles. The predicted molar refractivity (Wildman–Crippen MR) is 65.0 cm³/mol. The van der Waals surface area contributed by atoms with Crippen LogP contribution in [-0.2, 0) is 4.79 Å². The third kappa shape index (κ3) is 2.57. The van der Waals surface area contributed by atoms with Crippen molar-refractivity contribution in [2.24, 2.45) is 11.7 Å². The highest BCUT2D eigenvalue weighted by atomic mass is 16.2. The second-order valence-electron chi connectivity index (χ2n) is 5.49. The second-order valence-corrected chi connectivity index (χ2v) is 5.49. The monoisotopic (exact) mass is 224 g/mol. The van der Waals surface area contributed by atoms with E-state index >= 15 is 0 Å². The van der Waals surface area contributed by atoms with Crippen LogP contribution in [0.3, 0.4) is 0 Å². The molecule has 0 radical (unpaired) electrons. The van der Waals surface area contributed by atoms with E-state index in [1.54, 1.807) is 0 Å². The van der Waals surface area contributed by atoms with E-state index < -0.39 is 0 Å². The fraction of sp³-hybridized carbons (Fsp3) is 0.923. The highest BCUT2D eigenvalue weighted by Crippen LogP contribution is 2.27. The quantitative estimate of drug-likeness (QED) is 0.739. The van der Waals surface area contributed by atoms with Crippen LogP contribution in [0.5, 0.6) is 0 Å². The van der Waals surface area contributed by atoms with Crippen molar-refractivity contribution in [2.75, 3.05) is 6.54 Å². The lowest BCUT2D eigenvalue weighted by atomic mass is 9.85. The Bertz CT molecular complexity index is 246. The SMILES string of the molecule is CC1CCCCN1C(=O)C1CCC(N)CC1. The topological polar surface area (TPSA) is 46.3 Å². The van der Waals surface area contributed by atoms with Gasteiger partial charge in [-0.05, 0) is 51.9 Å². The number of nitrogens with two attached hydrogens (primary N) is 1. The molecule has 2 N–H and O–H groups in total. The number of hydrogen-bond acceptors (Lipinski definition) is 2. The van der Waals surface area contributed by atoms with Crippen molar-refractivity contribution in [1.82, 2.24) is 4.90 Å². The van der Waals surface area contributed by atoms with E-state index in [9.17, 15) is 4.79 Å². The van der Waals surface area contributed by atoms with E-state index in [0.29, 0.717) is 18.0 Å². The largest absolute Gasteiger partial charge is 0.340 e. The van der Waals surface area contributed by atoms with Crippen LogP contribution in [0.2, 0.25) is 0 Å². The van der Waals surface area contributed by atoms with Crippen LogP contribution in [0.25, 0.3) is 0 Å². The average Bonchev–Trinajstić information content (AvgIpc) is 2.30. The molecule has 1 amide bonds. The molecule has 16 heavy (non-hydrogen) atoms. The van der Waals surface area contributed by atoms with Gasteiger partial charge in [0, 0.05) is 24.5 Å². The minimum Gasteiger partial charge on any atom is -0.340 e. The maximum Gasteiger partial charge on any atom is 0.225 e. The first kappa shape index (κ1) is 11.9. The van der Waals surface area contributed by atoms with Crippen LogP contribution in [-0.4, -0.2) is 29.4 Å². The van der Waals surface area contributed by atoms with E-state index in [2.05, 4.69) is 11.8 Å². The summed E-state index contributed by atoms with van der Waals surface area (Å²) in [5, 5.41) is 0. The Labute approximate surface area is 98.4 Å². The van der Waals surface area contributed by atoms with Gasteiger partial charge in [0.1, 0.15) is 0 Å². The molecule has 1 saturated carbocycles. The summed E-state index contributed by atoms with van der Waals surface area (Å²) >= 11 is 0. The maximum absolute atomic E-state index is 12.4. The number of likely N-dealkylation sites (tertiary alicyclic amines) is 1. The summed E-state index contributed by atoms with van der Waals surface area (Å²) in [6.45, 7) is 3.16. The van der Waals surface area contributed by atoms with E-state index in [1.165, 1.54) is 19.3 Å². The molecule has 1 heterocycles. The fourth-order valence-corrected chi connectivity index (χ4v) is 3.03. The van der Waals surface area contributed by atoms with Crippen LogP contribution in [0, 0.1) is 5.92 Å². The van der Waals surface area contributed by atoms with Crippen molar-refractivity contribution in [3.05, 3.63) is 0 Å². The van der Waals surface area contributed by atoms with E-state index in [-0.39, 0.29) is 5.92 Å². The fourth-order valence-electron chi connectivity index (χ4n) is 3.03. The van der Waals surface area contributed by atoms with Gasteiger partial charge in [-0.25, -0.2) is 0 Å². The van der Waals surface area contributed by atoms with Crippen molar-refractivity contribution in [2.45, 2.75) is 64.0 Å². The summed E-state index contributed by atoms with van der Waals surface area (Å²) in [6, 6.07) is 0.791. The zero-order valence-electron chi connectivity index (χ0n) is 10.3. The standard InChI is InChI=1S/C13H24N2O/c1-10-4-2-3-9-15(10)13(16)11-5-7-12(14)8-6-11/h10-12H,2-9,14H2,1H3. The number of carbonyl (C=O) groups is 1. The molecule has 1 aliphatic carbocycles. The molecule has 2 aliphatic rings. The smallest absolute Gasteiger partial charge is 0.225 e. The lowest BCUT2D eigenvalue weighted by Gasteiger charge is -2.37. The third-order valence-electron chi connectivity index (χ3n) is 4.21. The third-order valence-corrected chi connectivity index (χ3v) is 4.21. The molecule has 0 spiro atoms. The first-order valence-electron chi connectivity index (χ1n) is 6.74. The number of hydrogen-bond donors (Lipinski definition) is 1. The Morgan fingerprint density at radius 3 is 2.44 bits per heavy atom. The Balaban J connectivity index is 1.90. The second kappa shape index (κ2) is 5.17. The summed E-state index contributed by atoms with van der Waals surface area (Å²) in [6.07, 6.45) is 7.70. The Hall–Kier alpha value is -0.570. The molecule has 2 fully saturated rings. The molecule has 2 rings (SSSR count). The lowest BCUT2D eigenvalue weighted by molar-refractivity contribution is -0.140. The normalized spacial score (nSPS) is 36.1. The first-order valence-corrected chi connectivity index (χ1v) is 6.74. The van der Waals surface area contributed by atoms with Gasteiger partial charge in [0.25, 0.3) is 0 Å². The van der Waals surface area contributed by atoms with E-state index in [1.807, 2.05) is 0 Å². The molecule has 3 nitrogen and oxygen atoms in total. The van der Waals surface area contributed by atoms with Crippen molar-refractivity contribution < 1.29 is 4.79 Å². The van der Waals surface area contributed by atoms with Gasteiger partial charge in [-0.2, -0.15) is 0 Å². The van der Waals surface area contributed by atoms with Crippen LogP contribution < -0.4 is 5.73 Å². The molecule has 0 bridgehead atoms. The number of nitrogens with zero attached hydrogens (tertiary/aromatic N) is 1. The van der Waals surface area contributed by atoms with Gasteiger partial charge in [-0.15, -0.1) is 0 Å². The van der Waals surface area contributed by atoms with Crippen LogP contribution >= 0.6 is 0 Å². The Morgan fingerprint density at radius 2 is 1.81 bits per heavy atom.